The van der Waals surface area contributed by atoms with Crippen LogP contribution in [0.4, 0.5) is 0 Å². The third-order valence-corrected chi connectivity index (χ3v) is 8.76. The van der Waals surface area contributed by atoms with Gasteiger partial charge in [-0.05, 0) is 67.1 Å². The summed E-state index contributed by atoms with van der Waals surface area (Å²) in [7, 11) is 0. The predicted octanol–water partition coefficient (Wildman–Crippen LogP) is 3.00. The van der Waals surface area contributed by atoms with E-state index in [0.717, 1.165) is 26.2 Å². The van der Waals surface area contributed by atoms with Gasteiger partial charge >= 0.3 is 0 Å². The van der Waals surface area contributed by atoms with Gasteiger partial charge < -0.3 is 34.0 Å². The largest absolute Gasteiger partial charge is 1.00 e. The summed E-state index contributed by atoms with van der Waals surface area (Å²) in [5.74, 6) is 0. The Morgan fingerprint density at radius 2 is 0.886 bits per heavy atom. The number of hydrogen-bond donors (Lipinski definition) is 0. The van der Waals surface area contributed by atoms with Crippen molar-refractivity contribution in [2.24, 2.45) is 0 Å². The monoisotopic (exact) mass is 722 g/mol. The fourth-order valence-electron chi connectivity index (χ4n) is 6.44. The van der Waals surface area contributed by atoms with Crippen LogP contribution in [0.15, 0.2) is 85.5 Å². The summed E-state index contributed by atoms with van der Waals surface area (Å²) < 4.78 is 9.80. The van der Waals surface area contributed by atoms with Crippen LogP contribution in [0.1, 0.15) is 102 Å². The molecule has 3 aromatic carbocycles. The number of aryl methyl sites for hydroxylation is 2. The van der Waals surface area contributed by atoms with Crippen LogP contribution in [0.25, 0.3) is 22.1 Å². The Balaban J connectivity index is 0.00000264. The predicted molar refractivity (Wildman–Crippen MR) is 176 cm³/mol. The van der Waals surface area contributed by atoms with Gasteiger partial charge in [-0.3, -0.25) is 0 Å². The van der Waals surface area contributed by atoms with Crippen molar-refractivity contribution in [1.29, 1.82) is 0 Å². The van der Waals surface area contributed by atoms with E-state index in [1.54, 1.807) is 0 Å². The molecule has 0 fully saturated rings. The molecule has 0 N–H and O–H groups in total. The summed E-state index contributed by atoms with van der Waals surface area (Å²) in [5, 5.41) is 0. The quantitative estimate of drug-likeness (QED) is 0.0979. The van der Waals surface area contributed by atoms with Gasteiger partial charge in [0, 0.05) is 0 Å². The van der Waals surface area contributed by atoms with Gasteiger partial charge in [-0.15, -0.1) is 0 Å². The second kappa shape index (κ2) is 19.2. The molecule has 2 heterocycles. The van der Waals surface area contributed by atoms with Crippen LogP contribution in [-0.4, -0.2) is 9.13 Å². The second-order valence-electron chi connectivity index (χ2n) is 12.2. The summed E-state index contributed by atoms with van der Waals surface area (Å²) in [6.45, 7) is 8.55. The van der Waals surface area contributed by atoms with Crippen molar-refractivity contribution >= 4 is 22.1 Å². The number of para-hydroxylation sites is 4. The molecule has 0 radical (unpaired) electrons. The number of benzene rings is 3. The van der Waals surface area contributed by atoms with Crippen molar-refractivity contribution in [2.45, 2.75) is 117 Å². The van der Waals surface area contributed by atoms with Crippen LogP contribution in [0.5, 0.6) is 0 Å². The van der Waals surface area contributed by atoms with E-state index in [1.807, 2.05) is 0 Å². The molecule has 6 heteroatoms. The van der Waals surface area contributed by atoms with Gasteiger partial charge in [0.15, 0.2) is 22.1 Å². The molecule has 4 nitrogen and oxygen atoms in total. The normalized spacial score (nSPS) is 11.1. The molecule has 0 spiro atoms. The van der Waals surface area contributed by atoms with Crippen LogP contribution in [0.2, 0.25) is 0 Å². The van der Waals surface area contributed by atoms with Gasteiger partial charge in [-0.1, -0.05) is 108 Å². The van der Waals surface area contributed by atoms with E-state index in [9.17, 15) is 0 Å². The molecular formula is C38H52Br2N4. The van der Waals surface area contributed by atoms with Gasteiger partial charge in [0.25, 0.3) is 0 Å². The molecule has 238 valence electrons. The molecule has 2 aromatic heterocycles. The average molecular weight is 725 g/mol. The van der Waals surface area contributed by atoms with Crippen molar-refractivity contribution in [3.63, 3.8) is 0 Å². The molecule has 0 bridgehead atoms. The molecule has 0 saturated heterocycles. The number of aromatic nitrogens is 4. The minimum Gasteiger partial charge on any atom is -1.00 e. The topological polar surface area (TPSA) is 17.6 Å². The Morgan fingerprint density at radius 1 is 0.477 bits per heavy atom. The molecule has 0 aliphatic carbocycles. The number of nitrogens with zero attached hydrogens (tertiary/aromatic N) is 4. The maximum atomic E-state index is 2.47. The zero-order chi connectivity index (χ0) is 29.0. The number of fused-ring (bicyclic) bond motifs is 2. The lowest BCUT2D eigenvalue weighted by molar-refractivity contribution is -0.664. The standard InChI is InChI=1S/C38H52N4.2BrH/c1-3-5-7-9-11-17-26-39-31-41(37-24-15-13-22-35(37)39)29-33-20-19-21-34(28-33)30-42-32-40(27-18-12-10-8-6-4-2)36-23-14-16-25-38(36)42;;/h13-16,19-25,28,31-32H,3-12,17-18,26-27,29-30H2,1-2H3;2*1H/q+2;;/p-2. The lowest BCUT2D eigenvalue weighted by Gasteiger charge is -2.04. The van der Waals surface area contributed by atoms with E-state index >= 15 is 0 Å². The third-order valence-electron chi connectivity index (χ3n) is 8.76. The zero-order valence-electron chi connectivity index (χ0n) is 26.9. The lowest BCUT2D eigenvalue weighted by Crippen LogP contribution is -3.00. The highest BCUT2D eigenvalue weighted by atomic mass is 79.9. The first-order valence-corrected chi connectivity index (χ1v) is 16.8. The molecule has 0 unspecified atom stereocenters. The molecule has 0 saturated carbocycles. The first-order chi connectivity index (χ1) is 20.8. The maximum Gasteiger partial charge on any atom is 0.245 e. The van der Waals surface area contributed by atoms with Crippen molar-refractivity contribution < 1.29 is 43.1 Å². The Bertz CT molecular complexity index is 1430. The molecule has 0 atom stereocenters. The van der Waals surface area contributed by atoms with Gasteiger partial charge in [0.2, 0.25) is 12.7 Å². The second-order valence-corrected chi connectivity index (χ2v) is 12.2. The van der Waals surface area contributed by atoms with Gasteiger partial charge in [0.05, 0.1) is 13.1 Å². The van der Waals surface area contributed by atoms with E-state index in [0.29, 0.717) is 0 Å². The number of unbranched alkanes of at least 4 members (excludes halogenated alkanes) is 10. The van der Waals surface area contributed by atoms with Gasteiger partial charge in [0.1, 0.15) is 13.1 Å². The molecule has 44 heavy (non-hydrogen) atoms. The Hall–Kier alpha value is -2.44. The van der Waals surface area contributed by atoms with Crippen molar-refractivity contribution in [3.05, 3.63) is 96.6 Å². The number of halogens is 2. The van der Waals surface area contributed by atoms with Crippen LogP contribution in [0.3, 0.4) is 0 Å². The smallest absolute Gasteiger partial charge is 0.245 e. The molecule has 0 amide bonds. The van der Waals surface area contributed by atoms with Gasteiger partial charge in [-0.2, -0.15) is 0 Å². The third kappa shape index (κ3) is 9.78. The van der Waals surface area contributed by atoms with Crippen molar-refractivity contribution in [1.82, 2.24) is 9.13 Å². The van der Waals surface area contributed by atoms with E-state index in [4.69, 9.17) is 0 Å². The molecule has 5 aromatic rings. The minimum absolute atomic E-state index is 0. The Morgan fingerprint density at radius 3 is 1.34 bits per heavy atom. The van der Waals surface area contributed by atoms with Crippen molar-refractivity contribution in [3.8, 4) is 0 Å². The van der Waals surface area contributed by atoms with Crippen LogP contribution in [0, 0.1) is 0 Å². The first-order valence-electron chi connectivity index (χ1n) is 16.8. The van der Waals surface area contributed by atoms with E-state index < -0.39 is 0 Å². The summed E-state index contributed by atoms with van der Waals surface area (Å²) in [5.41, 5.74) is 8.04. The van der Waals surface area contributed by atoms with E-state index in [1.165, 1.54) is 110 Å². The zero-order valence-corrected chi connectivity index (χ0v) is 30.1. The van der Waals surface area contributed by atoms with E-state index in [-0.39, 0.29) is 34.0 Å². The fourth-order valence-corrected chi connectivity index (χ4v) is 6.44. The Kier molecular flexibility index (Phi) is 15.7. The number of imidazole rings is 2. The molecule has 5 rings (SSSR count). The molecule has 0 aliphatic heterocycles. The van der Waals surface area contributed by atoms with Crippen LogP contribution >= 0.6 is 0 Å². The number of rotatable bonds is 18. The van der Waals surface area contributed by atoms with Crippen molar-refractivity contribution in [2.75, 3.05) is 0 Å². The molecular weight excluding hydrogens is 672 g/mol. The molecule has 0 aliphatic rings. The van der Waals surface area contributed by atoms with Crippen LogP contribution in [-0.2, 0) is 26.2 Å². The maximum absolute atomic E-state index is 2.47. The number of hydrogen-bond acceptors (Lipinski definition) is 0. The SMILES string of the molecule is CCCCCCCCn1c[n+](Cc2cccc(C[n+]3cn(CCCCCCCC)c4ccccc43)c2)c2ccccc21.[Br-].[Br-]. The summed E-state index contributed by atoms with van der Waals surface area (Å²) in [4.78, 5) is 0. The van der Waals surface area contributed by atoms with E-state index in [2.05, 4.69) is 118 Å². The summed E-state index contributed by atoms with van der Waals surface area (Å²) >= 11 is 0. The van der Waals surface area contributed by atoms with Crippen LogP contribution < -0.4 is 43.1 Å². The highest BCUT2D eigenvalue weighted by Crippen LogP contribution is 2.17. The fraction of sp³-hybridized carbons (Fsp3) is 0.474. The average Bonchev–Trinajstić information content (AvgIpc) is 3.54. The highest BCUT2D eigenvalue weighted by molar-refractivity contribution is 5.72. The Labute approximate surface area is 286 Å². The minimum atomic E-state index is 0. The summed E-state index contributed by atoms with van der Waals surface area (Å²) in [6.07, 6.45) is 20.6. The lowest BCUT2D eigenvalue weighted by atomic mass is 10.1. The first kappa shape index (κ1) is 36.0. The van der Waals surface area contributed by atoms with Gasteiger partial charge in [-0.25, -0.2) is 18.3 Å². The summed E-state index contributed by atoms with van der Waals surface area (Å²) in [6, 6.07) is 27.0. The highest BCUT2D eigenvalue weighted by Gasteiger charge is 2.17.